The van der Waals surface area contributed by atoms with Crippen LogP contribution in [0, 0.1) is 13.8 Å². The first kappa shape index (κ1) is 14.0. The van der Waals surface area contributed by atoms with Gasteiger partial charge in [-0.25, -0.2) is 4.79 Å². The van der Waals surface area contributed by atoms with E-state index in [0.717, 1.165) is 11.4 Å². The van der Waals surface area contributed by atoms with Crippen LogP contribution in [0.25, 0.3) is 0 Å². The van der Waals surface area contributed by atoms with Gasteiger partial charge in [-0.05, 0) is 26.3 Å². The fourth-order valence-electron chi connectivity index (χ4n) is 1.60. The molecule has 0 aliphatic heterocycles. The zero-order chi connectivity index (χ0) is 13.7. The summed E-state index contributed by atoms with van der Waals surface area (Å²) in [6.07, 6.45) is 1.65. The van der Waals surface area contributed by atoms with Gasteiger partial charge >= 0.3 is 5.97 Å². The average Bonchev–Trinajstić information content (AvgIpc) is 2.56. The van der Waals surface area contributed by atoms with Crippen LogP contribution in [0.2, 0.25) is 0 Å². The molecule has 0 aliphatic carbocycles. The number of carboxylic acid groups (broad SMARTS) is 1. The topological polar surface area (TPSA) is 84.2 Å². The Kier molecular flexibility index (Phi) is 4.65. The quantitative estimate of drug-likeness (QED) is 0.727. The molecule has 0 aromatic carbocycles. The normalized spacial score (nSPS) is 11.9. The fourth-order valence-corrected chi connectivity index (χ4v) is 1.60. The van der Waals surface area contributed by atoms with Gasteiger partial charge in [0.1, 0.15) is 12.6 Å². The number of carbonyl (C=O) groups is 2. The maximum Gasteiger partial charge on any atom is 0.326 e. The zero-order valence-corrected chi connectivity index (χ0v) is 10.5. The Hall–Kier alpha value is -2.11. The lowest BCUT2D eigenvalue weighted by Gasteiger charge is -2.12. The van der Waals surface area contributed by atoms with Crippen molar-refractivity contribution in [2.45, 2.75) is 32.9 Å². The second-order valence-corrected chi connectivity index (χ2v) is 4.07. The molecule has 1 unspecified atom stereocenters. The van der Waals surface area contributed by atoms with E-state index in [1.165, 1.54) is 10.8 Å². The Morgan fingerprint density at radius 2 is 2.28 bits per heavy atom. The number of aromatic nitrogens is 2. The molecule has 0 bridgehead atoms. The van der Waals surface area contributed by atoms with Crippen molar-refractivity contribution in [3.05, 3.63) is 30.1 Å². The highest BCUT2D eigenvalue weighted by atomic mass is 16.4. The minimum atomic E-state index is -1.07. The third-order valence-electron chi connectivity index (χ3n) is 2.43. The maximum absolute atomic E-state index is 11.7. The summed E-state index contributed by atoms with van der Waals surface area (Å²) in [4.78, 5) is 22.6. The van der Waals surface area contributed by atoms with Gasteiger partial charge in [-0.2, -0.15) is 5.10 Å². The molecule has 1 atom stereocenters. The number of rotatable bonds is 6. The monoisotopic (exact) mass is 251 g/mol. The lowest BCUT2D eigenvalue weighted by molar-refractivity contribution is -0.141. The molecule has 0 saturated heterocycles. The molecule has 98 valence electrons. The number of nitrogens with zero attached hydrogens (tertiary/aromatic N) is 2. The maximum atomic E-state index is 11.7. The van der Waals surface area contributed by atoms with Crippen LogP contribution in [-0.2, 0) is 16.1 Å². The molecule has 6 heteroatoms. The molecule has 1 aromatic heterocycles. The Morgan fingerprint density at radius 3 is 2.72 bits per heavy atom. The van der Waals surface area contributed by atoms with Crippen molar-refractivity contribution in [1.82, 2.24) is 15.1 Å². The van der Waals surface area contributed by atoms with Crippen molar-refractivity contribution >= 4 is 11.9 Å². The molecular weight excluding hydrogens is 234 g/mol. The van der Waals surface area contributed by atoms with Gasteiger partial charge < -0.3 is 10.4 Å². The van der Waals surface area contributed by atoms with E-state index in [-0.39, 0.29) is 18.9 Å². The van der Waals surface area contributed by atoms with Crippen molar-refractivity contribution in [1.29, 1.82) is 0 Å². The number of carbonyl (C=O) groups excluding carboxylic acids is 1. The second kappa shape index (κ2) is 6.00. The Labute approximate surface area is 105 Å². The zero-order valence-electron chi connectivity index (χ0n) is 10.5. The molecule has 18 heavy (non-hydrogen) atoms. The third-order valence-corrected chi connectivity index (χ3v) is 2.43. The van der Waals surface area contributed by atoms with Crippen LogP contribution >= 0.6 is 0 Å². The largest absolute Gasteiger partial charge is 0.480 e. The molecule has 0 radical (unpaired) electrons. The van der Waals surface area contributed by atoms with Gasteiger partial charge in [0.15, 0.2) is 0 Å². The van der Waals surface area contributed by atoms with Gasteiger partial charge in [-0.3, -0.25) is 9.48 Å². The van der Waals surface area contributed by atoms with E-state index in [4.69, 9.17) is 5.11 Å². The summed E-state index contributed by atoms with van der Waals surface area (Å²) < 4.78 is 1.54. The number of amides is 1. The standard InChI is InChI=1S/C12H17N3O3/c1-4-5-10(12(17)18)13-11(16)7-15-9(3)6-8(2)14-15/h4,6,10H,1,5,7H2,2-3H3,(H,13,16)(H,17,18). The van der Waals surface area contributed by atoms with Crippen LogP contribution in [0.5, 0.6) is 0 Å². The van der Waals surface area contributed by atoms with Crippen LogP contribution in [0.1, 0.15) is 17.8 Å². The first-order chi connectivity index (χ1) is 8.43. The van der Waals surface area contributed by atoms with E-state index >= 15 is 0 Å². The van der Waals surface area contributed by atoms with Crippen LogP contribution in [0.3, 0.4) is 0 Å². The van der Waals surface area contributed by atoms with Gasteiger partial charge in [0.25, 0.3) is 0 Å². The predicted octanol–water partition coefficient (Wildman–Crippen LogP) is 0.645. The number of aryl methyl sites for hydroxylation is 2. The molecule has 1 heterocycles. The fraction of sp³-hybridized carbons (Fsp3) is 0.417. The number of nitrogens with one attached hydrogen (secondary N) is 1. The van der Waals surface area contributed by atoms with E-state index in [1.807, 2.05) is 19.9 Å². The molecule has 1 amide bonds. The minimum Gasteiger partial charge on any atom is -0.480 e. The summed E-state index contributed by atoms with van der Waals surface area (Å²) in [6, 6.07) is 0.915. The van der Waals surface area contributed by atoms with E-state index in [1.54, 1.807) is 0 Å². The van der Waals surface area contributed by atoms with E-state index in [9.17, 15) is 9.59 Å². The lowest BCUT2D eigenvalue weighted by Crippen LogP contribution is -2.42. The molecule has 6 nitrogen and oxygen atoms in total. The van der Waals surface area contributed by atoms with Crippen molar-refractivity contribution in [3.8, 4) is 0 Å². The predicted molar refractivity (Wildman–Crippen MR) is 66.1 cm³/mol. The summed E-state index contributed by atoms with van der Waals surface area (Å²) in [5.41, 5.74) is 1.68. The van der Waals surface area contributed by atoms with E-state index in [0.29, 0.717) is 0 Å². The summed E-state index contributed by atoms with van der Waals surface area (Å²) in [5.74, 6) is -1.45. The first-order valence-electron chi connectivity index (χ1n) is 5.58. The molecular formula is C12H17N3O3. The number of hydrogen-bond acceptors (Lipinski definition) is 3. The Balaban J connectivity index is 2.63. The molecule has 0 spiro atoms. The molecule has 2 N–H and O–H groups in total. The second-order valence-electron chi connectivity index (χ2n) is 4.07. The highest BCUT2D eigenvalue weighted by molar-refractivity contribution is 5.83. The molecule has 1 rings (SSSR count). The van der Waals surface area contributed by atoms with E-state index in [2.05, 4.69) is 17.0 Å². The molecule has 0 saturated carbocycles. The van der Waals surface area contributed by atoms with Crippen LogP contribution in [-0.4, -0.2) is 32.8 Å². The Morgan fingerprint density at radius 1 is 1.61 bits per heavy atom. The molecule has 0 aliphatic rings. The first-order valence-corrected chi connectivity index (χ1v) is 5.58. The SMILES string of the molecule is C=CCC(NC(=O)Cn1nc(C)cc1C)C(=O)O. The number of carboxylic acids is 1. The molecule has 0 fully saturated rings. The highest BCUT2D eigenvalue weighted by Gasteiger charge is 2.18. The van der Waals surface area contributed by atoms with Gasteiger partial charge in [-0.15, -0.1) is 6.58 Å². The average molecular weight is 251 g/mol. The van der Waals surface area contributed by atoms with E-state index < -0.39 is 12.0 Å². The van der Waals surface area contributed by atoms with Crippen molar-refractivity contribution in [2.75, 3.05) is 0 Å². The van der Waals surface area contributed by atoms with Crippen LogP contribution in [0.15, 0.2) is 18.7 Å². The van der Waals surface area contributed by atoms with Gasteiger partial charge in [0.05, 0.1) is 5.69 Å². The highest BCUT2D eigenvalue weighted by Crippen LogP contribution is 2.01. The number of aliphatic carboxylic acids is 1. The van der Waals surface area contributed by atoms with Crippen LogP contribution in [0.4, 0.5) is 0 Å². The third kappa shape index (κ3) is 3.73. The Bertz CT molecular complexity index is 465. The van der Waals surface area contributed by atoms with Crippen LogP contribution < -0.4 is 5.32 Å². The number of hydrogen-bond donors (Lipinski definition) is 2. The van der Waals surface area contributed by atoms with Crippen molar-refractivity contribution < 1.29 is 14.7 Å². The van der Waals surface area contributed by atoms with Crippen molar-refractivity contribution in [3.63, 3.8) is 0 Å². The van der Waals surface area contributed by atoms with Crippen molar-refractivity contribution in [2.24, 2.45) is 0 Å². The van der Waals surface area contributed by atoms with Gasteiger partial charge in [-0.1, -0.05) is 6.08 Å². The summed E-state index contributed by atoms with van der Waals surface area (Å²) in [7, 11) is 0. The summed E-state index contributed by atoms with van der Waals surface area (Å²) in [6.45, 7) is 7.15. The smallest absolute Gasteiger partial charge is 0.326 e. The minimum absolute atomic E-state index is 0.0145. The molecule has 1 aromatic rings. The van der Waals surface area contributed by atoms with Gasteiger partial charge in [0.2, 0.25) is 5.91 Å². The lowest BCUT2D eigenvalue weighted by atomic mass is 10.2. The summed E-state index contributed by atoms with van der Waals surface area (Å²) in [5, 5.41) is 15.5. The summed E-state index contributed by atoms with van der Waals surface area (Å²) >= 11 is 0. The van der Waals surface area contributed by atoms with Gasteiger partial charge in [0, 0.05) is 5.69 Å².